The quantitative estimate of drug-likeness (QED) is 0.810. The predicted octanol–water partition coefficient (Wildman–Crippen LogP) is 3.71. The third-order valence-electron chi connectivity index (χ3n) is 4.58. The first-order valence-corrected chi connectivity index (χ1v) is 10.2. The van der Waals surface area contributed by atoms with Crippen LogP contribution >= 0.6 is 11.8 Å². The number of thioether (sulfide) groups is 1. The van der Waals surface area contributed by atoms with Crippen LogP contribution in [0.5, 0.6) is 0 Å². The Morgan fingerprint density at radius 3 is 2.37 bits per heavy atom. The predicted molar refractivity (Wildman–Crippen MR) is 109 cm³/mol. The zero-order chi connectivity index (χ0) is 20.1. The Labute approximate surface area is 165 Å². The smallest absolute Gasteiger partial charge is 0.233 e. The van der Waals surface area contributed by atoms with E-state index < -0.39 is 0 Å². The molecule has 0 spiro atoms. The maximum atomic E-state index is 12.6. The SMILES string of the molecule is Cc1ccc([C@@H]2CC(=O)NC(SCC(=O)N(C(C)C)C(C)C)=C2C#N)cc1. The van der Waals surface area contributed by atoms with E-state index in [0.29, 0.717) is 10.6 Å². The van der Waals surface area contributed by atoms with E-state index >= 15 is 0 Å². The Balaban J connectivity index is 2.24. The Kier molecular flexibility index (Phi) is 7.09. The van der Waals surface area contributed by atoms with E-state index in [0.717, 1.165) is 11.1 Å². The maximum Gasteiger partial charge on any atom is 0.233 e. The fourth-order valence-corrected chi connectivity index (χ4v) is 4.34. The number of carbonyl (C=O) groups is 2. The summed E-state index contributed by atoms with van der Waals surface area (Å²) in [4.78, 5) is 26.7. The normalized spacial score (nSPS) is 17.1. The number of hydrogen-bond donors (Lipinski definition) is 1. The van der Waals surface area contributed by atoms with E-state index in [2.05, 4.69) is 11.4 Å². The Morgan fingerprint density at radius 2 is 1.85 bits per heavy atom. The summed E-state index contributed by atoms with van der Waals surface area (Å²) in [6.45, 7) is 9.94. The van der Waals surface area contributed by atoms with Gasteiger partial charge < -0.3 is 10.2 Å². The van der Waals surface area contributed by atoms with Crippen molar-refractivity contribution in [2.75, 3.05) is 5.75 Å². The van der Waals surface area contributed by atoms with Crippen LogP contribution < -0.4 is 5.32 Å². The van der Waals surface area contributed by atoms with Gasteiger partial charge in [0.2, 0.25) is 11.8 Å². The molecule has 1 N–H and O–H groups in total. The van der Waals surface area contributed by atoms with Crippen molar-refractivity contribution < 1.29 is 9.59 Å². The molecule has 0 aromatic heterocycles. The molecule has 0 bridgehead atoms. The molecule has 0 saturated heterocycles. The van der Waals surface area contributed by atoms with Gasteiger partial charge in [0, 0.05) is 24.4 Å². The van der Waals surface area contributed by atoms with Crippen LogP contribution in [0.15, 0.2) is 34.9 Å². The van der Waals surface area contributed by atoms with Crippen molar-refractivity contribution in [1.82, 2.24) is 10.2 Å². The highest BCUT2D eigenvalue weighted by Crippen LogP contribution is 2.36. The van der Waals surface area contributed by atoms with Crippen LogP contribution in [0.2, 0.25) is 0 Å². The molecule has 1 heterocycles. The molecule has 1 aliphatic heterocycles. The summed E-state index contributed by atoms with van der Waals surface area (Å²) < 4.78 is 0. The first-order chi connectivity index (χ1) is 12.7. The molecular weight excluding hydrogens is 358 g/mol. The molecular formula is C21H27N3O2S. The minimum absolute atomic E-state index is 0.00139. The minimum Gasteiger partial charge on any atom is -0.337 e. The summed E-state index contributed by atoms with van der Waals surface area (Å²) >= 11 is 1.24. The molecule has 1 aliphatic rings. The second-order valence-electron chi connectivity index (χ2n) is 7.35. The van der Waals surface area contributed by atoms with Crippen LogP contribution in [0.25, 0.3) is 0 Å². The average molecular weight is 386 g/mol. The molecule has 2 amide bonds. The highest BCUT2D eigenvalue weighted by molar-refractivity contribution is 8.03. The second kappa shape index (κ2) is 9.09. The lowest BCUT2D eigenvalue weighted by atomic mass is 9.87. The van der Waals surface area contributed by atoms with Crippen molar-refractivity contribution in [3.63, 3.8) is 0 Å². The molecule has 0 aliphatic carbocycles. The van der Waals surface area contributed by atoms with Gasteiger partial charge >= 0.3 is 0 Å². The number of aryl methyl sites for hydroxylation is 1. The van der Waals surface area contributed by atoms with Gasteiger partial charge in [-0.25, -0.2) is 0 Å². The van der Waals surface area contributed by atoms with Crippen LogP contribution in [-0.2, 0) is 9.59 Å². The van der Waals surface area contributed by atoms with Gasteiger partial charge in [-0.1, -0.05) is 41.6 Å². The number of nitrogens with zero attached hydrogens (tertiary/aromatic N) is 2. The molecule has 5 nitrogen and oxygen atoms in total. The van der Waals surface area contributed by atoms with Crippen LogP contribution in [0.4, 0.5) is 0 Å². The van der Waals surface area contributed by atoms with Gasteiger partial charge in [0.05, 0.1) is 22.4 Å². The third-order valence-corrected chi connectivity index (χ3v) is 5.58. The fourth-order valence-electron chi connectivity index (χ4n) is 3.40. The van der Waals surface area contributed by atoms with Crippen molar-refractivity contribution in [1.29, 1.82) is 5.26 Å². The summed E-state index contributed by atoms with van der Waals surface area (Å²) in [5, 5.41) is 13.0. The fraction of sp³-hybridized carbons (Fsp3) is 0.476. The van der Waals surface area contributed by atoms with Gasteiger partial charge in [0.25, 0.3) is 0 Å². The number of nitrogens with one attached hydrogen (secondary N) is 1. The van der Waals surface area contributed by atoms with Crippen molar-refractivity contribution in [2.24, 2.45) is 0 Å². The van der Waals surface area contributed by atoms with Crippen molar-refractivity contribution >= 4 is 23.6 Å². The maximum absolute atomic E-state index is 12.6. The highest BCUT2D eigenvalue weighted by Gasteiger charge is 2.30. The summed E-state index contributed by atoms with van der Waals surface area (Å²) in [7, 11) is 0. The van der Waals surface area contributed by atoms with E-state index in [9.17, 15) is 14.9 Å². The molecule has 1 aromatic rings. The molecule has 27 heavy (non-hydrogen) atoms. The molecule has 0 unspecified atom stereocenters. The Hall–Kier alpha value is -2.26. The lowest BCUT2D eigenvalue weighted by Gasteiger charge is -2.31. The largest absolute Gasteiger partial charge is 0.337 e. The molecule has 0 saturated carbocycles. The number of hydrogen-bond acceptors (Lipinski definition) is 4. The van der Waals surface area contributed by atoms with Crippen molar-refractivity contribution in [3.8, 4) is 6.07 Å². The summed E-state index contributed by atoms with van der Waals surface area (Å²) in [5.41, 5.74) is 2.60. The molecule has 1 atom stereocenters. The number of allylic oxidation sites excluding steroid dienone is 1. The number of benzene rings is 1. The van der Waals surface area contributed by atoms with E-state index in [1.165, 1.54) is 11.8 Å². The van der Waals surface area contributed by atoms with Crippen LogP contribution in [0, 0.1) is 18.3 Å². The molecule has 0 fully saturated rings. The Morgan fingerprint density at radius 1 is 1.26 bits per heavy atom. The first-order valence-electron chi connectivity index (χ1n) is 9.19. The lowest BCUT2D eigenvalue weighted by molar-refractivity contribution is -0.131. The van der Waals surface area contributed by atoms with Crippen LogP contribution in [0.3, 0.4) is 0 Å². The monoisotopic (exact) mass is 385 g/mol. The summed E-state index contributed by atoms with van der Waals surface area (Å²) in [5.74, 6) is -0.202. The van der Waals surface area contributed by atoms with Gasteiger partial charge in [-0.2, -0.15) is 5.26 Å². The summed E-state index contributed by atoms with van der Waals surface area (Å²) in [6, 6.07) is 10.3. The topological polar surface area (TPSA) is 73.2 Å². The van der Waals surface area contributed by atoms with Gasteiger partial charge in [0.15, 0.2) is 0 Å². The second-order valence-corrected chi connectivity index (χ2v) is 8.33. The third kappa shape index (κ3) is 5.14. The number of amides is 2. The molecule has 0 radical (unpaired) electrons. The molecule has 6 heteroatoms. The number of carbonyl (C=O) groups excluding carboxylic acids is 2. The first kappa shape index (κ1) is 21.0. The standard InChI is InChI=1S/C21H27N3O2S/c1-13(2)24(14(3)4)20(26)12-27-21-18(11-22)17(10-19(25)23-21)16-8-6-15(5)7-9-16/h6-9,13-14,17H,10,12H2,1-5H3,(H,23,25)/t17-/m0/s1. The van der Waals surface area contributed by atoms with Gasteiger partial charge in [-0.15, -0.1) is 0 Å². The van der Waals surface area contributed by atoms with Gasteiger partial charge in [-0.3, -0.25) is 9.59 Å². The zero-order valence-electron chi connectivity index (χ0n) is 16.6. The van der Waals surface area contributed by atoms with Gasteiger partial charge in [-0.05, 0) is 40.2 Å². The van der Waals surface area contributed by atoms with Gasteiger partial charge in [0.1, 0.15) is 0 Å². The van der Waals surface area contributed by atoms with E-state index in [1.54, 1.807) is 0 Å². The van der Waals surface area contributed by atoms with E-state index in [-0.39, 0.29) is 42.0 Å². The number of rotatable bonds is 6. The van der Waals surface area contributed by atoms with Crippen molar-refractivity contribution in [3.05, 3.63) is 46.0 Å². The summed E-state index contributed by atoms with van der Waals surface area (Å²) in [6.07, 6.45) is 0.244. The zero-order valence-corrected chi connectivity index (χ0v) is 17.4. The molecule has 1 aromatic carbocycles. The van der Waals surface area contributed by atoms with E-state index in [1.807, 2.05) is 63.8 Å². The van der Waals surface area contributed by atoms with E-state index in [4.69, 9.17) is 0 Å². The van der Waals surface area contributed by atoms with Crippen LogP contribution in [0.1, 0.15) is 51.2 Å². The number of nitriles is 1. The lowest BCUT2D eigenvalue weighted by Crippen LogP contribution is -2.43. The highest BCUT2D eigenvalue weighted by atomic mass is 32.2. The Bertz CT molecular complexity index is 768. The molecule has 144 valence electrons. The van der Waals surface area contributed by atoms with Crippen LogP contribution in [-0.4, -0.2) is 34.6 Å². The minimum atomic E-state index is -0.270. The molecule has 2 rings (SSSR count). The average Bonchev–Trinajstić information content (AvgIpc) is 2.59. The van der Waals surface area contributed by atoms with Crippen molar-refractivity contribution in [2.45, 2.75) is 59.0 Å².